The van der Waals surface area contributed by atoms with Crippen LogP contribution in [-0.4, -0.2) is 5.51 Å². The number of alkyl halides is 3. The standard InChI is InChI=1S/C8H5ClF4S/c1-4-6(10)3-2-5(9)7(4)14-8(11,12)13/h2-3H,1H3. The van der Waals surface area contributed by atoms with E-state index in [-0.39, 0.29) is 15.5 Å². The van der Waals surface area contributed by atoms with Crippen LogP contribution in [0.4, 0.5) is 17.6 Å². The van der Waals surface area contributed by atoms with Crippen LogP contribution in [0.5, 0.6) is 0 Å². The molecule has 0 aromatic heterocycles. The van der Waals surface area contributed by atoms with Gasteiger partial charge in [-0.1, -0.05) is 11.6 Å². The van der Waals surface area contributed by atoms with Gasteiger partial charge >= 0.3 is 5.51 Å². The molecule has 0 aliphatic carbocycles. The van der Waals surface area contributed by atoms with Gasteiger partial charge in [-0.2, -0.15) is 13.2 Å². The molecule has 0 atom stereocenters. The molecule has 0 unspecified atom stereocenters. The van der Waals surface area contributed by atoms with E-state index in [1.165, 1.54) is 6.92 Å². The lowest BCUT2D eigenvalue weighted by atomic mass is 10.2. The van der Waals surface area contributed by atoms with Crippen LogP contribution in [-0.2, 0) is 0 Å². The molecule has 78 valence electrons. The third-order valence-electron chi connectivity index (χ3n) is 1.51. The molecule has 0 saturated carbocycles. The molecule has 1 aromatic carbocycles. The molecule has 1 aromatic rings. The van der Waals surface area contributed by atoms with E-state index in [4.69, 9.17) is 11.6 Å². The van der Waals surface area contributed by atoms with Crippen molar-refractivity contribution in [2.24, 2.45) is 0 Å². The Kier molecular flexibility index (Phi) is 3.32. The fourth-order valence-corrected chi connectivity index (χ4v) is 1.84. The molecular weight excluding hydrogens is 240 g/mol. The van der Waals surface area contributed by atoms with Crippen LogP contribution in [0.15, 0.2) is 17.0 Å². The van der Waals surface area contributed by atoms with Gasteiger partial charge in [-0.25, -0.2) is 4.39 Å². The fraction of sp³-hybridized carbons (Fsp3) is 0.250. The highest BCUT2D eigenvalue weighted by atomic mass is 35.5. The molecule has 1 rings (SSSR count). The minimum absolute atomic E-state index is 0.0835. The van der Waals surface area contributed by atoms with E-state index in [1.54, 1.807) is 0 Å². The smallest absolute Gasteiger partial charge is 0.207 e. The zero-order valence-corrected chi connectivity index (χ0v) is 8.53. The monoisotopic (exact) mass is 244 g/mol. The molecule has 0 spiro atoms. The van der Waals surface area contributed by atoms with Gasteiger partial charge in [-0.15, -0.1) is 0 Å². The first-order valence-corrected chi connectivity index (χ1v) is 4.71. The molecule has 0 N–H and O–H groups in total. The molecule has 0 radical (unpaired) electrons. The number of benzene rings is 1. The molecule has 14 heavy (non-hydrogen) atoms. The lowest BCUT2D eigenvalue weighted by Gasteiger charge is -2.10. The van der Waals surface area contributed by atoms with Gasteiger partial charge in [0.25, 0.3) is 0 Å². The fourth-order valence-electron chi connectivity index (χ4n) is 0.876. The number of hydrogen-bond acceptors (Lipinski definition) is 1. The van der Waals surface area contributed by atoms with Crippen LogP contribution in [0.2, 0.25) is 5.02 Å². The maximum atomic E-state index is 12.9. The van der Waals surface area contributed by atoms with Gasteiger partial charge in [0.05, 0.1) is 5.02 Å². The van der Waals surface area contributed by atoms with Crippen LogP contribution in [0.1, 0.15) is 5.56 Å². The maximum absolute atomic E-state index is 12.9. The van der Waals surface area contributed by atoms with E-state index < -0.39 is 23.1 Å². The van der Waals surface area contributed by atoms with Crippen molar-refractivity contribution in [3.63, 3.8) is 0 Å². The zero-order valence-electron chi connectivity index (χ0n) is 6.95. The molecule has 0 fully saturated rings. The largest absolute Gasteiger partial charge is 0.446 e. The average molecular weight is 245 g/mol. The van der Waals surface area contributed by atoms with Crippen LogP contribution >= 0.6 is 23.4 Å². The average Bonchev–Trinajstić information content (AvgIpc) is 2.04. The van der Waals surface area contributed by atoms with E-state index in [0.29, 0.717) is 0 Å². The first-order chi connectivity index (χ1) is 6.31. The van der Waals surface area contributed by atoms with Crippen molar-refractivity contribution in [2.45, 2.75) is 17.3 Å². The van der Waals surface area contributed by atoms with Gasteiger partial charge in [0.15, 0.2) is 0 Å². The van der Waals surface area contributed by atoms with Crippen LogP contribution in [0.25, 0.3) is 0 Å². The quantitative estimate of drug-likeness (QED) is 0.521. The Morgan fingerprint density at radius 3 is 2.36 bits per heavy atom. The first kappa shape index (κ1) is 11.7. The molecule has 0 amide bonds. The molecule has 0 aliphatic heterocycles. The minimum atomic E-state index is -4.46. The number of thioether (sulfide) groups is 1. The first-order valence-electron chi connectivity index (χ1n) is 3.51. The summed E-state index contributed by atoms with van der Waals surface area (Å²) in [5.41, 5.74) is -4.54. The summed E-state index contributed by atoms with van der Waals surface area (Å²) in [4.78, 5) is -0.279. The third kappa shape index (κ3) is 2.78. The Morgan fingerprint density at radius 2 is 1.86 bits per heavy atom. The second-order valence-electron chi connectivity index (χ2n) is 2.53. The summed E-state index contributed by atoms with van der Waals surface area (Å²) in [6.07, 6.45) is 0. The summed E-state index contributed by atoms with van der Waals surface area (Å²) in [6, 6.07) is 2.15. The van der Waals surface area contributed by atoms with E-state index in [9.17, 15) is 17.6 Å². The Balaban J connectivity index is 3.13. The Hall–Kier alpha value is -0.420. The highest BCUT2D eigenvalue weighted by Crippen LogP contribution is 2.42. The second kappa shape index (κ2) is 3.98. The van der Waals surface area contributed by atoms with Gasteiger partial charge in [0, 0.05) is 10.5 Å². The maximum Gasteiger partial charge on any atom is 0.446 e. The molecular formula is C8H5ClF4S. The van der Waals surface area contributed by atoms with Crippen molar-refractivity contribution >= 4 is 23.4 Å². The Morgan fingerprint density at radius 1 is 1.29 bits per heavy atom. The van der Waals surface area contributed by atoms with E-state index in [0.717, 1.165) is 12.1 Å². The highest BCUT2D eigenvalue weighted by molar-refractivity contribution is 8.00. The van der Waals surface area contributed by atoms with Crippen molar-refractivity contribution in [1.29, 1.82) is 0 Å². The van der Waals surface area contributed by atoms with Gasteiger partial charge in [0.1, 0.15) is 5.82 Å². The topological polar surface area (TPSA) is 0 Å². The minimum Gasteiger partial charge on any atom is -0.207 e. The lowest BCUT2D eigenvalue weighted by molar-refractivity contribution is -0.0328. The Labute approximate surface area is 87.2 Å². The molecule has 0 heterocycles. The summed E-state index contributed by atoms with van der Waals surface area (Å²) in [7, 11) is 0. The van der Waals surface area contributed by atoms with Crippen LogP contribution in [0.3, 0.4) is 0 Å². The Bertz CT molecular complexity index is 348. The summed E-state index contributed by atoms with van der Waals surface area (Å²) in [5.74, 6) is -0.693. The highest BCUT2D eigenvalue weighted by Gasteiger charge is 2.31. The van der Waals surface area contributed by atoms with E-state index >= 15 is 0 Å². The van der Waals surface area contributed by atoms with Crippen LogP contribution in [0, 0.1) is 12.7 Å². The van der Waals surface area contributed by atoms with Gasteiger partial charge in [-0.3, -0.25) is 0 Å². The molecule has 0 nitrogen and oxygen atoms in total. The lowest BCUT2D eigenvalue weighted by Crippen LogP contribution is -2.01. The number of rotatable bonds is 1. The molecule has 0 bridgehead atoms. The second-order valence-corrected chi connectivity index (χ2v) is 4.01. The number of halogens is 5. The third-order valence-corrected chi connectivity index (χ3v) is 2.90. The van der Waals surface area contributed by atoms with Crippen molar-refractivity contribution in [1.82, 2.24) is 0 Å². The summed E-state index contributed by atoms with van der Waals surface area (Å²) >= 11 is 5.12. The van der Waals surface area contributed by atoms with Gasteiger partial charge in [-0.05, 0) is 30.8 Å². The van der Waals surface area contributed by atoms with Crippen molar-refractivity contribution in [3.05, 3.63) is 28.5 Å². The summed E-state index contributed by atoms with van der Waals surface area (Å²) in [6.45, 7) is 1.26. The summed E-state index contributed by atoms with van der Waals surface area (Å²) in [5, 5.41) is -0.0915. The molecule has 0 saturated heterocycles. The van der Waals surface area contributed by atoms with Gasteiger partial charge in [0.2, 0.25) is 0 Å². The van der Waals surface area contributed by atoms with E-state index in [2.05, 4.69) is 0 Å². The van der Waals surface area contributed by atoms with Crippen molar-refractivity contribution in [2.75, 3.05) is 0 Å². The van der Waals surface area contributed by atoms with E-state index in [1.807, 2.05) is 0 Å². The molecule has 0 aliphatic rings. The zero-order chi connectivity index (χ0) is 10.9. The normalized spacial score (nSPS) is 11.9. The molecule has 6 heteroatoms. The number of hydrogen-bond donors (Lipinski definition) is 0. The predicted molar refractivity (Wildman–Crippen MR) is 48.1 cm³/mol. The predicted octanol–water partition coefficient (Wildman–Crippen LogP) is 4.40. The van der Waals surface area contributed by atoms with Crippen molar-refractivity contribution in [3.8, 4) is 0 Å². The van der Waals surface area contributed by atoms with Crippen LogP contribution < -0.4 is 0 Å². The van der Waals surface area contributed by atoms with Crippen molar-refractivity contribution < 1.29 is 17.6 Å². The summed E-state index contributed by atoms with van der Waals surface area (Å²) < 4.78 is 48.9. The SMILES string of the molecule is Cc1c(F)ccc(Cl)c1SC(F)(F)F. The van der Waals surface area contributed by atoms with Gasteiger partial charge < -0.3 is 0 Å².